The molecule has 0 aliphatic heterocycles. The van der Waals surface area contributed by atoms with Crippen molar-refractivity contribution in [1.82, 2.24) is 9.88 Å². The van der Waals surface area contributed by atoms with Crippen molar-refractivity contribution >= 4 is 46.0 Å². The summed E-state index contributed by atoms with van der Waals surface area (Å²) in [6, 6.07) is 12.7. The van der Waals surface area contributed by atoms with Gasteiger partial charge < -0.3 is 10.6 Å². The molecule has 164 valence electrons. The Morgan fingerprint density at radius 1 is 1.16 bits per heavy atom. The zero-order chi connectivity index (χ0) is 23.3. The van der Waals surface area contributed by atoms with Gasteiger partial charge in [0.25, 0.3) is 0 Å². The van der Waals surface area contributed by atoms with E-state index < -0.39 is 11.7 Å². The molecule has 2 aromatic carbocycles. The highest BCUT2D eigenvalue weighted by molar-refractivity contribution is 7.14. The van der Waals surface area contributed by atoms with Crippen molar-refractivity contribution in [1.29, 1.82) is 0 Å². The minimum atomic E-state index is -0.535. The average molecular weight is 453 g/mol. The number of halogens is 1. The first-order valence-corrected chi connectivity index (χ1v) is 10.5. The van der Waals surface area contributed by atoms with E-state index in [9.17, 15) is 18.8 Å². The predicted octanol–water partition coefficient (Wildman–Crippen LogP) is 3.74. The number of carbonyl (C=O) groups is 3. The smallest absolute Gasteiger partial charge is 0.248 e. The van der Waals surface area contributed by atoms with Crippen molar-refractivity contribution in [3.05, 3.63) is 82.6 Å². The number of hydrogen-bond acceptors (Lipinski definition) is 5. The summed E-state index contributed by atoms with van der Waals surface area (Å²) in [5.74, 6) is -1.72. The van der Waals surface area contributed by atoms with Gasteiger partial charge in [0, 0.05) is 37.5 Å². The Balaban J connectivity index is 1.71. The van der Waals surface area contributed by atoms with Crippen molar-refractivity contribution in [2.75, 3.05) is 11.9 Å². The van der Waals surface area contributed by atoms with E-state index in [0.29, 0.717) is 16.4 Å². The molecule has 3 rings (SSSR count). The Labute approximate surface area is 188 Å². The van der Waals surface area contributed by atoms with Crippen molar-refractivity contribution in [2.45, 2.75) is 13.5 Å². The summed E-state index contributed by atoms with van der Waals surface area (Å²) in [5, 5.41) is 1.97. The van der Waals surface area contributed by atoms with E-state index in [-0.39, 0.29) is 24.0 Å². The number of para-hydroxylation sites is 1. The fourth-order valence-corrected chi connectivity index (χ4v) is 3.80. The molecule has 3 amide bonds. The fourth-order valence-electron chi connectivity index (χ4n) is 2.95. The number of likely N-dealkylation sites (N-methyl/N-ethyl adjacent to an activating group) is 1. The van der Waals surface area contributed by atoms with Gasteiger partial charge in [-0.25, -0.2) is 9.37 Å². The van der Waals surface area contributed by atoms with E-state index in [1.165, 1.54) is 41.0 Å². The lowest BCUT2D eigenvalue weighted by Gasteiger charge is -2.18. The highest BCUT2D eigenvalue weighted by Gasteiger charge is 2.20. The summed E-state index contributed by atoms with van der Waals surface area (Å²) in [4.78, 5) is 42.9. The van der Waals surface area contributed by atoms with Crippen molar-refractivity contribution in [2.24, 2.45) is 5.73 Å². The number of carbonyl (C=O) groups excluding carboxylic acids is 3. The molecule has 0 aliphatic rings. The Bertz CT molecular complexity index is 1190. The van der Waals surface area contributed by atoms with E-state index in [0.717, 1.165) is 16.9 Å². The van der Waals surface area contributed by atoms with Crippen molar-refractivity contribution in [3.8, 4) is 0 Å². The minimum Gasteiger partial charge on any atom is -0.366 e. The summed E-state index contributed by atoms with van der Waals surface area (Å²) in [6.45, 7) is 1.62. The number of anilines is 2. The SMILES string of the molecule is CC(=O)N(c1nc(/C=C/C(=O)N(C)Cc2cccc(C(N)=O)c2)cs1)c1ccccc1F. The largest absolute Gasteiger partial charge is 0.366 e. The lowest BCUT2D eigenvalue weighted by molar-refractivity contribution is -0.125. The van der Waals surface area contributed by atoms with Gasteiger partial charge in [0.1, 0.15) is 5.82 Å². The third kappa shape index (κ3) is 5.44. The van der Waals surface area contributed by atoms with Crippen LogP contribution in [0, 0.1) is 5.82 Å². The van der Waals surface area contributed by atoms with Crippen LogP contribution in [0.4, 0.5) is 15.2 Å². The van der Waals surface area contributed by atoms with Gasteiger partial charge in [-0.2, -0.15) is 0 Å². The number of amides is 3. The second-order valence-corrected chi connectivity index (χ2v) is 7.79. The van der Waals surface area contributed by atoms with Gasteiger partial charge >= 0.3 is 0 Å². The normalized spacial score (nSPS) is 10.8. The molecule has 0 radical (unpaired) electrons. The van der Waals surface area contributed by atoms with Gasteiger partial charge in [0.15, 0.2) is 5.13 Å². The van der Waals surface area contributed by atoms with Crippen LogP contribution < -0.4 is 10.6 Å². The minimum absolute atomic E-state index is 0.110. The van der Waals surface area contributed by atoms with E-state index >= 15 is 0 Å². The van der Waals surface area contributed by atoms with Gasteiger partial charge in [-0.05, 0) is 35.9 Å². The highest BCUT2D eigenvalue weighted by Crippen LogP contribution is 2.31. The first-order valence-electron chi connectivity index (χ1n) is 9.59. The summed E-state index contributed by atoms with van der Waals surface area (Å²) in [7, 11) is 1.63. The number of primary amides is 1. The second kappa shape index (κ2) is 9.97. The monoisotopic (exact) mass is 452 g/mol. The first-order chi connectivity index (χ1) is 15.3. The summed E-state index contributed by atoms with van der Waals surface area (Å²) in [5.41, 5.74) is 7.00. The fraction of sp³-hybridized carbons (Fsp3) is 0.130. The number of nitrogens with two attached hydrogens (primary N) is 1. The number of thiazole rings is 1. The van der Waals surface area contributed by atoms with Gasteiger partial charge in [0.2, 0.25) is 17.7 Å². The van der Waals surface area contributed by atoms with E-state index in [2.05, 4.69) is 4.98 Å². The van der Waals surface area contributed by atoms with E-state index in [1.54, 1.807) is 48.8 Å². The molecule has 0 spiro atoms. The Morgan fingerprint density at radius 2 is 1.91 bits per heavy atom. The molecule has 0 unspecified atom stereocenters. The highest BCUT2D eigenvalue weighted by atomic mass is 32.1. The number of hydrogen-bond donors (Lipinski definition) is 1. The molecule has 0 saturated heterocycles. The second-order valence-electron chi connectivity index (χ2n) is 6.95. The molecule has 7 nitrogen and oxygen atoms in total. The first kappa shape index (κ1) is 22.8. The predicted molar refractivity (Wildman–Crippen MR) is 122 cm³/mol. The molecule has 2 N–H and O–H groups in total. The lowest BCUT2D eigenvalue weighted by Crippen LogP contribution is -2.24. The van der Waals surface area contributed by atoms with Gasteiger partial charge in [0.05, 0.1) is 11.4 Å². The number of nitrogens with zero attached hydrogens (tertiary/aromatic N) is 3. The summed E-state index contributed by atoms with van der Waals surface area (Å²) < 4.78 is 14.2. The maximum Gasteiger partial charge on any atom is 0.248 e. The number of rotatable bonds is 7. The van der Waals surface area contributed by atoms with Gasteiger partial charge in [-0.3, -0.25) is 19.3 Å². The number of benzene rings is 2. The van der Waals surface area contributed by atoms with Crippen LogP contribution in [-0.4, -0.2) is 34.7 Å². The molecule has 0 aliphatic carbocycles. The van der Waals surface area contributed by atoms with Crippen molar-refractivity contribution < 1.29 is 18.8 Å². The topological polar surface area (TPSA) is 96.6 Å². The zero-order valence-corrected chi connectivity index (χ0v) is 18.3. The maximum atomic E-state index is 14.2. The molecule has 1 heterocycles. The molecule has 0 fully saturated rings. The van der Waals surface area contributed by atoms with Gasteiger partial charge in [-0.15, -0.1) is 11.3 Å². The van der Waals surface area contributed by atoms with Gasteiger partial charge in [-0.1, -0.05) is 24.3 Å². The molecular weight excluding hydrogens is 431 g/mol. The standard InChI is InChI=1S/C23H21FN4O3S/c1-15(29)28(20-9-4-3-8-19(20)24)23-26-18(14-32-23)10-11-21(30)27(2)13-16-6-5-7-17(12-16)22(25)31/h3-12,14H,13H2,1-2H3,(H2,25,31)/b11-10+. The molecule has 9 heteroatoms. The summed E-state index contributed by atoms with van der Waals surface area (Å²) >= 11 is 1.16. The van der Waals surface area contributed by atoms with Crippen LogP contribution in [0.25, 0.3) is 6.08 Å². The molecule has 1 aromatic heterocycles. The Kier molecular flexibility index (Phi) is 7.11. The van der Waals surface area contributed by atoms with Crippen LogP contribution in [0.5, 0.6) is 0 Å². The Hall–Kier alpha value is -3.85. The van der Waals surface area contributed by atoms with Crippen molar-refractivity contribution in [3.63, 3.8) is 0 Å². The third-order valence-corrected chi connectivity index (χ3v) is 5.36. The Morgan fingerprint density at radius 3 is 2.59 bits per heavy atom. The summed E-state index contributed by atoms with van der Waals surface area (Å²) in [6.07, 6.45) is 2.89. The van der Waals surface area contributed by atoms with E-state index in [1.807, 2.05) is 0 Å². The molecule has 0 bridgehead atoms. The van der Waals surface area contributed by atoms with Crippen LogP contribution in [0.15, 0.2) is 60.0 Å². The lowest BCUT2D eigenvalue weighted by atomic mass is 10.1. The van der Waals surface area contributed by atoms with Crippen LogP contribution in [0.3, 0.4) is 0 Å². The van der Waals surface area contributed by atoms with Crippen LogP contribution in [-0.2, 0) is 16.1 Å². The molecule has 0 saturated carbocycles. The molecule has 0 atom stereocenters. The van der Waals surface area contributed by atoms with Crippen LogP contribution in [0.1, 0.15) is 28.5 Å². The van der Waals surface area contributed by atoms with E-state index in [4.69, 9.17) is 5.73 Å². The van der Waals surface area contributed by atoms with Crippen LogP contribution in [0.2, 0.25) is 0 Å². The molecule has 3 aromatic rings. The quantitative estimate of drug-likeness (QED) is 0.553. The number of aromatic nitrogens is 1. The maximum absolute atomic E-state index is 14.2. The third-order valence-electron chi connectivity index (χ3n) is 4.51. The zero-order valence-electron chi connectivity index (χ0n) is 17.5. The van der Waals surface area contributed by atoms with Crippen LogP contribution >= 0.6 is 11.3 Å². The molecule has 32 heavy (non-hydrogen) atoms. The molecular formula is C23H21FN4O3S. The average Bonchev–Trinajstić information content (AvgIpc) is 3.22.